The van der Waals surface area contributed by atoms with Crippen LogP contribution in [0, 0.1) is 18.3 Å². The topological polar surface area (TPSA) is 36.4 Å². The summed E-state index contributed by atoms with van der Waals surface area (Å²) in [5, 5.41) is 13.2. The third-order valence-corrected chi connectivity index (χ3v) is 5.37. The molecule has 1 aromatic rings. The van der Waals surface area contributed by atoms with E-state index in [1.54, 1.807) is 11.3 Å². The van der Waals surface area contributed by atoms with Crippen molar-refractivity contribution in [3.63, 3.8) is 0 Å². The lowest BCUT2D eigenvalue weighted by molar-refractivity contribution is 0.0176. The maximum atomic E-state index is 9.87. The molecule has 0 bridgehead atoms. The van der Waals surface area contributed by atoms with Gasteiger partial charge in [0, 0.05) is 30.5 Å². The van der Waals surface area contributed by atoms with E-state index < -0.39 is 0 Å². The number of rotatable bonds is 5. The monoisotopic (exact) mass is 280 g/mol. The van der Waals surface area contributed by atoms with E-state index in [-0.39, 0.29) is 5.41 Å². The lowest BCUT2D eigenvalue weighted by Gasteiger charge is -2.42. The summed E-state index contributed by atoms with van der Waals surface area (Å²) in [6.45, 7) is 5.59. The molecule has 0 aromatic carbocycles. The first-order valence-electron chi connectivity index (χ1n) is 7.43. The smallest absolute Gasteiger partial charge is 0.0897 e. The quantitative estimate of drug-likeness (QED) is 0.901. The van der Waals surface area contributed by atoms with Crippen LogP contribution in [0.3, 0.4) is 0 Å². The zero-order valence-electron chi connectivity index (χ0n) is 11.8. The Morgan fingerprint density at radius 3 is 3.00 bits per heavy atom. The number of hydrogen-bond acceptors (Lipinski definition) is 4. The second kappa shape index (κ2) is 5.51. The largest absolute Gasteiger partial charge is 0.396 e. The predicted octanol–water partition coefficient (Wildman–Crippen LogP) is 2.83. The molecule has 106 valence electrons. The molecule has 1 saturated heterocycles. The number of piperidine rings is 1. The van der Waals surface area contributed by atoms with Gasteiger partial charge in [0.05, 0.1) is 10.7 Å². The molecule has 1 aromatic heterocycles. The fraction of sp³-hybridized carbons (Fsp3) is 0.800. The van der Waals surface area contributed by atoms with Gasteiger partial charge in [-0.1, -0.05) is 12.8 Å². The number of hydrogen-bond donors (Lipinski definition) is 1. The number of aliphatic hydroxyl groups is 1. The molecule has 2 fully saturated rings. The number of aryl methyl sites for hydroxylation is 1. The Hall–Kier alpha value is -0.450. The summed E-state index contributed by atoms with van der Waals surface area (Å²) in [6, 6.07) is 0. The van der Waals surface area contributed by atoms with Crippen LogP contribution in [0.25, 0.3) is 0 Å². The average Bonchev–Trinajstić information content (AvgIpc) is 3.11. The van der Waals surface area contributed by atoms with Crippen LogP contribution in [-0.2, 0) is 6.54 Å². The predicted molar refractivity (Wildman–Crippen MR) is 78.2 cm³/mol. The third-order valence-electron chi connectivity index (χ3n) is 4.55. The van der Waals surface area contributed by atoms with Crippen LogP contribution in [0.2, 0.25) is 0 Å². The van der Waals surface area contributed by atoms with Crippen molar-refractivity contribution in [3.05, 3.63) is 16.1 Å². The van der Waals surface area contributed by atoms with Gasteiger partial charge in [0.25, 0.3) is 0 Å². The summed E-state index contributed by atoms with van der Waals surface area (Å²) >= 11 is 1.73. The van der Waals surface area contributed by atoms with E-state index in [0.29, 0.717) is 6.61 Å². The molecule has 2 heterocycles. The zero-order valence-corrected chi connectivity index (χ0v) is 12.6. The highest BCUT2D eigenvalue weighted by Crippen LogP contribution is 2.44. The highest BCUT2D eigenvalue weighted by Gasteiger charge is 2.39. The molecule has 1 atom stereocenters. The number of likely N-dealkylation sites (tertiary alicyclic amines) is 1. The number of aliphatic hydroxyl groups excluding tert-OH is 1. The fourth-order valence-corrected chi connectivity index (χ4v) is 4.05. The van der Waals surface area contributed by atoms with Gasteiger partial charge in [-0.3, -0.25) is 4.90 Å². The fourth-order valence-electron chi connectivity index (χ4n) is 3.45. The van der Waals surface area contributed by atoms with Crippen LogP contribution < -0.4 is 0 Å². The first kappa shape index (κ1) is 13.5. The van der Waals surface area contributed by atoms with Gasteiger partial charge in [0.1, 0.15) is 0 Å². The molecule has 1 aliphatic carbocycles. The van der Waals surface area contributed by atoms with Crippen molar-refractivity contribution in [2.45, 2.75) is 45.6 Å². The van der Waals surface area contributed by atoms with Crippen molar-refractivity contribution >= 4 is 11.3 Å². The van der Waals surface area contributed by atoms with Crippen molar-refractivity contribution in [1.29, 1.82) is 0 Å². The van der Waals surface area contributed by atoms with E-state index in [4.69, 9.17) is 0 Å². The van der Waals surface area contributed by atoms with Gasteiger partial charge < -0.3 is 5.11 Å². The van der Waals surface area contributed by atoms with E-state index in [0.717, 1.165) is 30.6 Å². The lowest BCUT2D eigenvalue weighted by atomic mass is 9.76. The van der Waals surface area contributed by atoms with Crippen molar-refractivity contribution in [3.8, 4) is 0 Å². The Morgan fingerprint density at radius 2 is 2.37 bits per heavy atom. The molecule has 3 nitrogen and oxygen atoms in total. The number of nitrogens with zero attached hydrogens (tertiary/aromatic N) is 2. The van der Waals surface area contributed by atoms with E-state index in [1.807, 2.05) is 0 Å². The minimum atomic E-state index is 0.171. The molecular weight excluding hydrogens is 256 g/mol. The molecular formula is C15H24N2OS. The second-order valence-corrected chi connectivity index (χ2v) is 7.54. The number of aromatic nitrogens is 1. The van der Waals surface area contributed by atoms with Crippen LogP contribution in [0.5, 0.6) is 0 Å². The van der Waals surface area contributed by atoms with Crippen molar-refractivity contribution in [2.24, 2.45) is 11.3 Å². The van der Waals surface area contributed by atoms with E-state index in [2.05, 4.69) is 22.2 Å². The van der Waals surface area contributed by atoms with Gasteiger partial charge in [-0.05, 0) is 38.6 Å². The highest BCUT2D eigenvalue weighted by molar-refractivity contribution is 7.09. The Morgan fingerprint density at radius 1 is 1.53 bits per heavy atom. The maximum Gasteiger partial charge on any atom is 0.0897 e. The summed E-state index contributed by atoms with van der Waals surface area (Å²) in [5.74, 6) is 0.897. The van der Waals surface area contributed by atoms with Gasteiger partial charge in [-0.2, -0.15) is 0 Å². The lowest BCUT2D eigenvalue weighted by Crippen LogP contribution is -2.45. The van der Waals surface area contributed by atoms with Gasteiger partial charge in [0.15, 0.2) is 0 Å². The second-order valence-electron chi connectivity index (χ2n) is 6.48. The van der Waals surface area contributed by atoms with Crippen LogP contribution in [0.1, 0.15) is 42.8 Å². The molecule has 1 aliphatic heterocycles. The van der Waals surface area contributed by atoms with E-state index in [1.165, 1.54) is 37.8 Å². The number of thiazole rings is 1. The van der Waals surface area contributed by atoms with Gasteiger partial charge >= 0.3 is 0 Å². The van der Waals surface area contributed by atoms with Crippen molar-refractivity contribution in [1.82, 2.24) is 9.88 Å². The standard InChI is InChI=1S/C15H24N2OS/c1-12-16-14(9-19-12)8-17-6-2-5-15(10-17,11-18)7-13-3-4-13/h9,13,18H,2-8,10-11H2,1H3/t15-/m1/s1. The third kappa shape index (κ3) is 3.36. The Kier molecular flexibility index (Phi) is 3.92. The minimum absolute atomic E-state index is 0.171. The van der Waals surface area contributed by atoms with Crippen molar-refractivity contribution in [2.75, 3.05) is 19.7 Å². The maximum absolute atomic E-state index is 9.87. The highest BCUT2D eigenvalue weighted by atomic mass is 32.1. The minimum Gasteiger partial charge on any atom is -0.396 e. The first-order valence-corrected chi connectivity index (χ1v) is 8.31. The summed E-state index contributed by atoms with van der Waals surface area (Å²) in [5.41, 5.74) is 1.37. The normalized spacial score (nSPS) is 28.7. The molecule has 3 rings (SSSR count). The molecule has 19 heavy (non-hydrogen) atoms. The summed E-state index contributed by atoms with van der Waals surface area (Å²) < 4.78 is 0. The molecule has 1 N–H and O–H groups in total. The van der Waals surface area contributed by atoms with Crippen LogP contribution in [-0.4, -0.2) is 34.7 Å². The van der Waals surface area contributed by atoms with Crippen molar-refractivity contribution < 1.29 is 5.11 Å². The van der Waals surface area contributed by atoms with Gasteiger partial charge in [-0.25, -0.2) is 4.98 Å². The molecule has 4 heteroatoms. The molecule has 0 unspecified atom stereocenters. The molecule has 0 radical (unpaired) electrons. The molecule has 1 saturated carbocycles. The van der Waals surface area contributed by atoms with Crippen LogP contribution in [0.15, 0.2) is 5.38 Å². The Balaban J connectivity index is 1.62. The first-order chi connectivity index (χ1) is 9.19. The van der Waals surface area contributed by atoms with E-state index >= 15 is 0 Å². The summed E-state index contributed by atoms with van der Waals surface area (Å²) in [7, 11) is 0. The van der Waals surface area contributed by atoms with Crippen LogP contribution >= 0.6 is 11.3 Å². The zero-order chi connectivity index (χ0) is 13.3. The van der Waals surface area contributed by atoms with Gasteiger partial charge in [0.2, 0.25) is 0 Å². The molecule has 0 spiro atoms. The van der Waals surface area contributed by atoms with Gasteiger partial charge in [-0.15, -0.1) is 11.3 Å². The van der Waals surface area contributed by atoms with Crippen LogP contribution in [0.4, 0.5) is 0 Å². The SMILES string of the molecule is Cc1nc(CN2CCC[C@@](CO)(CC3CC3)C2)cs1. The average molecular weight is 280 g/mol. The Labute approximate surface area is 119 Å². The molecule has 0 amide bonds. The summed E-state index contributed by atoms with van der Waals surface area (Å²) in [6.07, 6.45) is 6.42. The summed E-state index contributed by atoms with van der Waals surface area (Å²) in [4.78, 5) is 7.06. The van der Waals surface area contributed by atoms with E-state index in [9.17, 15) is 5.11 Å². The Bertz CT molecular complexity index is 430. The molecule has 2 aliphatic rings.